The topological polar surface area (TPSA) is 46.1 Å². The van der Waals surface area contributed by atoms with E-state index in [9.17, 15) is 4.79 Å². The second-order valence-electron chi connectivity index (χ2n) is 3.38. The molecule has 2 aromatic rings. The number of rotatable bonds is 3. The molecule has 16 heavy (non-hydrogen) atoms. The molecule has 0 atom stereocenters. The van der Waals surface area contributed by atoms with Gasteiger partial charge in [-0.2, -0.15) is 0 Å². The van der Waals surface area contributed by atoms with Crippen LogP contribution in [0.25, 0.3) is 0 Å². The highest BCUT2D eigenvalue weighted by Gasteiger charge is 2.14. The summed E-state index contributed by atoms with van der Waals surface area (Å²) < 4.78 is 0. The molecule has 0 saturated carbocycles. The minimum absolute atomic E-state index is 0.0488. The predicted octanol–water partition coefficient (Wildman–Crippen LogP) is 2.18. The van der Waals surface area contributed by atoms with Crippen molar-refractivity contribution in [1.29, 1.82) is 0 Å². The Labute approximate surface area is 102 Å². The fourth-order valence-electron chi connectivity index (χ4n) is 1.30. The van der Waals surface area contributed by atoms with Crippen LogP contribution in [0.3, 0.4) is 0 Å². The number of hydrogen-bond acceptors (Lipinski definition) is 5. The average Bonchev–Trinajstić information content (AvgIpc) is 2.88. The highest BCUT2D eigenvalue weighted by atomic mass is 32.1. The van der Waals surface area contributed by atoms with E-state index in [4.69, 9.17) is 0 Å². The fourth-order valence-corrected chi connectivity index (χ4v) is 2.67. The van der Waals surface area contributed by atoms with Crippen molar-refractivity contribution in [2.45, 2.75) is 13.5 Å². The molecule has 0 saturated heterocycles. The lowest BCUT2D eigenvalue weighted by molar-refractivity contribution is 0.0781. The van der Waals surface area contributed by atoms with Gasteiger partial charge in [0.1, 0.15) is 5.69 Å². The molecule has 2 aromatic heterocycles. The van der Waals surface area contributed by atoms with Gasteiger partial charge >= 0.3 is 0 Å². The number of aromatic nitrogens is 2. The molecule has 1 amide bonds. The molecular formula is C10H11N3OS2. The minimum Gasteiger partial charge on any atom is -0.335 e. The van der Waals surface area contributed by atoms with Gasteiger partial charge in [0.05, 0.1) is 17.1 Å². The van der Waals surface area contributed by atoms with Crippen LogP contribution in [-0.2, 0) is 6.54 Å². The summed E-state index contributed by atoms with van der Waals surface area (Å²) in [5, 5.41) is 2.78. The molecule has 6 heteroatoms. The zero-order valence-corrected chi connectivity index (χ0v) is 10.6. The molecule has 2 rings (SSSR count). The van der Waals surface area contributed by atoms with E-state index in [-0.39, 0.29) is 5.91 Å². The standard InChI is InChI=1S/C10H11N3OS2/c1-7-11-3-8(16-7)4-13(2)10(14)9-5-15-6-12-9/h3,5-6H,4H2,1-2H3. The summed E-state index contributed by atoms with van der Waals surface area (Å²) in [6.07, 6.45) is 1.81. The van der Waals surface area contributed by atoms with Gasteiger partial charge in [-0.05, 0) is 6.92 Å². The Morgan fingerprint density at radius 2 is 2.31 bits per heavy atom. The van der Waals surface area contributed by atoms with E-state index in [1.54, 1.807) is 34.2 Å². The first-order chi connectivity index (χ1) is 7.66. The van der Waals surface area contributed by atoms with Crippen molar-refractivity contribution in [1.82, 2.24) is 14.9 Å². The van der Waals surface area contributed by atoms with Gasteiger partial charge in [-0.15, -0.1) is 22.7 Å². The number of nitrogens with zero attached hydrogens (tertiary/aromatic N) is 3. The lowest BCUT2D eigenvalue weighted by Gasteiger charge is -2.14. The van der Waals surface area contributed by atoms with E-state index in [0.717, 1.165) is 9.88 Å². The van der Waals surface area contributed by atoms with Crippen LogP contribution < -0.4 is 0 Å². The smallest absolute Gasteiger partial charge is 0.273 e. The Hall–Kier alpha value is -1.27. The Bertz CT molecular complexity index is 478. The van der Waals surface area contributed by atoms with Crippen molar-refractivity contribution >= 4 is 28.6 Å². The number of carbonyl (C=O) groups is 1. The van der Waals surface area contributed by atoms with Crippen molar-refractivity contribution < 1.29 is 4.79 Å². The number of aryl methyl sites for hydroxylation is 1. The zero-order valence-electron chi connectivity index (χ0n) is 9.01. The minimum atomic E-state index is -0.0488. The van der Waals surface area contributed by atoms with E-state index in [1.807, 2.05) is 13.1 Å². The number of thiazole rings is 2. The molecule has 0 aliphatic carbocycles. The normalized spacial score (nSPS) is 10.4. The second kappa shape index (κ2) is 4.71. The van der Waals surface area contributed by atoms with Crippen LogP contribution >= 0.6 is 22.7 Å². The van der Waals surface area contributed by atoms with Crippen molar-refractivity contribution in [2.75, 3.05) is 7.05 Å². The maximum atomic E-state index is 11.9. The molecule has 0 bridgehead atoms. The van der Waals surface area contributed by atoms with Crippen LogP contribution in [0.5, 0.6) is 0 Å². The first kappa shape index (κ1) is 11.2. The second-order valence-corrected chi connectivity index (χ2v) is 5.42. The summed E-state index contributed by atoms with van der Waals surface area (Å²) >= 11 is 3.04. The van der Waals surface area contributed by atoms with Crippen LogP contribution in [0.2, 0.25) is 0 Å². The van der Waals surface area contributed by atoms with Crippen LogP contribution in [0.4, 0.5) is 0 Å². The van der Waals surface area contributed by atoms with Crippen LogP contribution in [0, 0.1) is 6.92 Å². The van der Waals surface area contributed by atoms with E-state index >= 15 is 0 Å². The lowest BCUT2D eigenvalue weighted by Crippen LogP contribution is -2.25. The van der Waals surface area contributed by atoms with Gasteiger partial charge in [0, 0.05) is 23.5 Å². The molecule has 0 radical (unpaired) electrons. The SMILES string of the molecule is Cc1ncc(CN(C)C(=O)c2cscn2)s1. The molecule has 2 heterocycles. The van der Waals surface area contributed by atoms with E-state index in [0.29, 0.717) is 12.2 Å². The Balaban J connectivity index is 2.03. The molecule has 0 fully saturated rings. The van der Waals surface area contributed by atoms with Gasteiger partial charge in [-0.3, -0.25) is 4.79 Å². The van der Waals surface area contributed by atoms with Crippen LogP contribution in [0.15, 0.2) is 17.1 Å². The van der Waals surface area contributed by atoms with E-state index < -0.39 is 0 Å². The quantitative estimate of drug-likeness (QED) is 0.842. The van der Waals surface area contributed by atoms with Crippen molar-refractivity contribution in [3.8, 4) is 0 Å². The molecule has 0 spiro atoms. The van der Waals surface area contributed by atoms with Gasteiger partial charge in [0.25, 0.3) is 5.91 Å². The summed E-state index contributed by atoms with van der Waals surface area (Å²) in [5.74, 6) is -0.0488. The van der Waals surface area contributed by atoms with Gasteiger partial charge in [0.2, 0.25) is 0 Å². The van der Waals surface area contributed by atoms with Gasteiger partial charge < -0.3 is 4.90 Å². The summed E-state index contributed by atoms with van der Waals surface area (Å²) in [6.45, 7) is 2.54. The molecule has 0 aromatic carbocycles. The van der Waals surface area contributed by atoms with Gasteiger partial charge in [-0.1, -0.05) is 0 Å². The predicted molar refractivity (Wildman–Crippen MR) is 64.8 cm³/mol. The fraction of sp³-hybridized carbons (Fsp3) is 0.300. The third-order valence-electron chi connectivity index (χ3n) is 2.06. The number of hydrogen-bond donors (Lipinski definition) is 0. The van der Waals surface area contributed by atoms with Crippen LogP contribution in [-0.4, -0.2) is 27.8 Å². The maximum absolute atomic E-state index is 11.9. The average molecular weight is 253 g/mol. The van der Waals surface area contributed by atoms with E-state index in [2.05, 4.69) is 9.97 Å². The van der Waals surface area contributed by atoms with Crippen molar-refractivity contribution in [2.24, 2.45) is 0 Å². The maximum Gasteiger partial charge on any atom is 0.273 e. The Morgan fingerprint density at radius 1 is 1.50 bits per heavy atom. The Kier molecular flexibility index (Phi) is 3.31. The van der Waals surface area contributed by atoms with Crippen molar-refractivity contribution in [3.63, 3.8) is 0 Å². The molecule has 0 unspecified atom stereocenters. The molecule has 84 valence electrons. The molecule has 4 nitrogen and oxygen atoms in total. The van der Waals surface area contributed by atoms with Gasteiger partial charge in [-0.25, -0.2) is 9.97 Å². The number of amides is 1. The summed E-state index contributed by atoms with van der Waals surface area (Å²) in [7, 11) is 1.77. The third kappa shape index (κ3) is 2.45. The Morgan fingerprint density at radius 3 is 2.88 bits per heavy atom. The molecule has 0 aliphatic rings. The lowest BCUT2D eigenvalue weighted by atomic mass is 10.4. The largest absolute Gasteiger partial charge is 0.335 e. The van der Waals surface area contributed by atoms with E-state index in [1.165, 1.54) is 11.3 Å². The number of carbonyl (C=O) groups excluding carboxylic acids is 1. The summed E-state index contributed by atoms with van der Waals surface area (Å²) in [5.41, 5.74) is 2.17. The molecular weight excluding hydrogens is 242 g/mol. The van der Waals surface area contributed by atoms with Gasteiger partial charge in [0.15, 0.2) is 0 Å². The molecule has 0 aliphatic heterocycles. The third-order valence-corrected chi connectivity index (χ3v) is 3.54. The van der Waals surface area contributed by atoms with Crippen molar-refractivity contribution in [3.05, 3.63) is 32.7 Å². The monoisotopic (exact) mass is 253 g/mol. The molecule has 0 N–H and O–H groups in total. The first-order valence-corrected chi connectivity index (χ1v) is 6.47. The summed E-state index contributed by atoms with van der Waals surface area (Å²) in [4.78, 5) is 22.8. The van der Waals surface area contributed by atoms with Crippen LogP contribution in [0.1, 0.15) is 20.4 Å². The summed E-state index contributed by atoms with van der Waals surface area (Å²) in [6, 6.07) is 0. The highest BCUT2D eigenvalue weighted by molar-refractivity contribution is 7.11. The first-order valence-electron chi connectivity index (χ1n) is 4.72. The highest BCUT2D eigenvalue weighted by Crippen LogP contribution is 2.14. The zero-order chi connectivity index (χ0) is 11.5.